The summed E-state index contributed by atoms with van der Waals surface area (Å²) in [6.07, 6.45) is 7.46. The number of hydrogen-bond acceptors (Lipinski definition) is 3. The highest BCUT2D eigenvalue weighted by molar-refractivity contribution is 7.99. The van der Waals surface area contributed by atoms with E-state index in [9.17, 15) is 5.11 Å². The van der Waals surface area contributed by atoms with Crippen molar-refractivity contribution in [3.05, 3.63) is 0 Å². The molecular formula is C12H24O2S. The van der Waals surface area contributed by atoms with E-state index in [1.807, 2.05) is 11.8 Å². The normalized spacial score (nSPS) is 19.6. The highest BCUT2D eigenvalue weighted by Gasteiger charge is 2.18. The van der Waals surface area contributed by atoms with Gasteiger partial charge in [0, 0.05) is 19.5 Å². The maximum atomic E-state index is 9.81. The van der Waals surface area contributed by atoms with E-state index in [4.69, 9.17) is 4.74 Å². The summed E-state index contributed by atoms with van der Waals surface area (Å²) in [4.78, 5) is 0. The Bertz CT molecular complexity index is 147. The molecule has 0 aromatic carbocycles. The second kappa shape index (κ2) is 8.43. The van der Waals surface area contributed by atoms with Crippen LogP contribution in [0, 0.1) is 5.92 Å². The third kappa shape index (κ3) is 6.44. The van der Waals surface area contributed by atoms with Crippen LogP contribution in [0.3, 0.4) is 0 Å². The Hall–Kier alpha value is 0.270. The monoisotopic (exact) mass is 232 g/mol. The fourth-order valence-corrected chi connectivity index (χ4v) is 3.12. The summed E-state index contributed by atoms with van der Waals surface area (Å²) in [7, 11) is 1.74. The molecule has 0 spiro atoms. The lowest BCUT2D eigenvalue weighted by molar-refractivity contribution is 0.165. The molecule has 1 fully saturated rings. The summed E-state index contributed by atoms with van der Waals surface area (Å²) in [5.41, 5.74) is 0. The molecule has 1 aliphatic rings. The van der Waals surface area contributed by atoms with Crippen molar-refractivity contribution in [1.29, 1.82) is 0 Å². The number of rotatable bonds is 8. The molecule has 2 nitrogen and oxygen atoms in total. The van der Waals surface area contributed by atoms with Crippen LogP contribution in [0.5, 0.6) is 0 Å². The molecule has 1 aliphatic carbocycles. The molecule has 0 aliphatic heterocycles. The number of thioether (sulfide) groups is 1. The van der Waals surface area contributed by atoms with Gasteiger partial charge in [-0.15, -0.1) is 0 Å². The smallest absolute Gasteiger partial charge is 0.0633 e. The predicted octanol–water partition coefficient (Wildman–Crippen LogP) is 2.70. The fraction of sp³-hybridized carbons (Fsp3) is 1.00. The molecule has 1 unspecified atom stereocenters. The van der Waals surface area contributed by atoms with Crippen LogP contribution in [0.25, 0.3) is 0 Å². The van der Waals surface area contributed by atoms with Crippen molar-refractivity contribution in [2.45, 2.75) is 44.6 Å². The minimum Gasteiger partial charge on any atom is -0.392 e. The zero-order valence-corrected chi connectivity index (χ0v) is 10.6. The molecule has 0 aromatic rings. The van der Waals surface area contributed by atoms with E-state index in [0.717, 1.165) is 36.9 Å². The van der Waals surface area contributed by atoms with E-state index in [0.29, 0.717) is 0 Å². The molecule has 0 bridgehead atoms. The van der Waals surface area contributed by atoms with Crippen molar-refractivity contribution in [2.24, 2.45) is 5.92 Å². The lowest BCUT2D eigenvalue weighted by Crippen LogP contribution is -2.14. The zero-order valence-electron chi connectivity index (χ0n) is 9.78. The first-order valence-corrected chi connectivity index (χ1v) is 7.23. The topological polar surface area (TPSA) is 29.5 Å². The SMILES string of the molecule is COCCCSCC(O)CC1CCCC1. The average molecular weight is 232 g/mol. The summed E-state index contributed by atoms with van der Waals surface area (Å²) >= 11 is 1.85. The third-order valence-corrected chi connectivity index (χ3v) is 4.23. The van der Waals surface area contributed by atoms with Crippen LogP contribution in [0.4, 0.5) is 0 Å². The molecule has 1 N–H and O–H groups in total. The highest BCUT2D eigenvalue weighted by atomic mass is 32.2. The highest BCUT2D eigenvalue weighted by Crippen LogP contribution is 2.29. The number of ether oxygens (including phenoxy) is 1. The van der Waals surface area contributed by atoms with Gasteiger partial charge in [0.1, 0.15) is 0 Å². The van der Waals surface area contributed by atoms with Gasteiger partial charge in [-0.1, -0.05) is 25.7 Å². The van der Waals surface area contributed by atoms with Crippen molar-refractivity contribution in [3.8, 4) is 0 Å². The Kier molecular flexibility index (Phi) is 7.49. The van der Waals surface area contributed by atoms with Gasteiger partial charge in [-0.05, 0) is 24.5 Å². The lowest BCUT2D eigenvalue weighted by Gasteiger charge is -2.14. The Labute approximate surface area is 97.8 Å². The van der Waals surface area contributed by atoms with Gasteiger partial charge in [0.2, 0.25) is 0 Å². The molecule has 0 saturated heterocycles. The average Bonchev–Trinajstić information content (AvgIpc) is 2.70. The van der Waals surface area contributed by atoms with E-state index in [2.05, 4.69) is 0 Å². The van der Waals surface area contributed by atoms with E-state index >= 15 is 0 Å². The van der Waals surface area contributed by atoms with Crippen molar-refractivity contribution in [3.63, 3.8) is 0 Å². The van der Waals surface area contributed by atoms with Gasteiger partial charge < -0.3 is 9.84 Å². The molecule has 1 atom stereocenters. The minimum atomic E-state index is -0.0827. The number of hydrogen-bond donors (Lipinski definition) is 1. The molecule has 15 heavy (non-hydrogen) atoms. The molecule has 0 amide bonds. The molecule has 0 aromatic heterocycles. The summed E-state index contributed by atoms with van der Waals surface area (Å²) in [5, 5.41) is 9.81. The Morgan fingerprint density at radius 2 is 2.13 bits per heavy atom. The van der Waals surface area contributed by atoms with Crippen LogP contribution < -0.4 is 0 Å². The summed E-state index contributed by atoms with van der Waals surface area (Å²) in [6.45, 7) is 0.839. The fourth-order valence-electron chi connectivity index (χ4n) is 2.22. The Balaban J connectivity index is 1.91. The first kappa shape index (κ1) is 13.3. The first-order valence-electron chi connectivity index (χ1n) is 6.07. The van der Waals surface area contributed by atoms with Gasteiger partial charge in [-0.2, -0.15) is 11.8 Å². The first-order chi connectivity index (χ1) is 7.33. The summed E-state index contributed by atoms with van der Waals surface area (Å²) in [5.74, 6) is 2.81. The standard InChI is InChI=1S/C12H24O2S/c1-14-7-4-8-15-10-12(13)9-11-5-2-3-6-11/h11-13H,2-10H2,1H3. The van der Waals surface area contributed by atoms with Gasteiger partial charge in [0.05, 0.1) is 6.10 Å². The Morgan fingerprint density at radius 3 is 2.80 bits per heavy atom. The third-order valence-electron chi connectivity index (χ3n) is 3.03. The van der Waals surface area contributed by atoms with E-state index < -0.39 is 0 Å². The van der Waals surface area contributed by atoms with E-state index in [-0.39, 0.29) is 6.10 Å². The van der Waals surface area contributed by atoms with Gasteiger partial charge in [0.15, 0.2) is 0 Å². The van der Waals surface area contributed by atoms with Crippen LogP contribution in [-0.2, 0) is 4.74 Å². The van der Waals surface area contributed by atoms with E-state index in [1.165, 1.54) is 25.7 Å². The van der Waals surface area contributed by atoms with Crippen molar-refractivity contribution in [1.82, 2.24) is 0 Å². The number of aliphatic hydroxyl groups excluding tert-OH is 1. The summed E-state index contributed by atoms with van der Waals surface area (Å²) < 4.78 is 4.98. The molecule has 1 saturated carbocycles. The van der Waals surface area contributed by atoms with Crippen LogP contribution in [0.2, 0.25) is 0 Å². The van der Waals surface area contributed by atoms with Crippen molar-refractivity contribution in [2.75, 3.05) is 25.2 Å². The molecular weight excluding hydrogens is 208 g/mol. The van der Waals surface area contributed by atoms with Crippen molar-refractivity contribution < 1.29 is 9.84 Å². The van der Waals surface area contributed by atoms with Crippen LogP contribution in [0.15, 0.2) is 0 Å². The zero-order chi connectivity index (χ0) is 10.9. The maximum absolute atomic E-state index is 9.81. The van der Waals surface area contributed by atoms with E-state index in [1.54, 1.807) is 7.11 Å². The minimum absolute atomic E-state index is 0.0827. The van der Waals surface area contributed by atoms with Crippen molar-refractivity contribution >= 4 is 11.8 Å². The molecule has 1 rings (SSSR count). The molecule has 3 heteroatoms. The predicted molar refractivity (Wildman–Crippen MR) is 66.4 cm³/mol. The quantitative estimate of drug-likeness (QED) is 0.653. The molecule has 90 valence electrons. The second-order valence-corrected chi connectivity index (χ2v) is 5.61. The second-order valence-electron chi connectivity index (χ2n) is 4.46. The Morgan fingerprint density at radius 1 is 1.40 bits per heavy atom. The molecule has 0 radical (unpaired) electrons. The maximum Gasteiger partial charge on any atom is 0.0633 e. The van der Waals surface area contributed by atoms with Gasteiger partial charge >= 0.3 is 0 Å². The van der Waals surface area contributed by atoms with Gasteiger partial charge in [-0.3, -0.25) is 0 Å². The number of methoxy groups -OCH3 is 1. The lowest BCUT2D eigenvalue weighted by atomic mass is 10.0. The number of aliphatic hydroxyl groups is 1. The van der Waals surface area contributed by atoms with Crippen LogP contribution >= 0.6 is 11.8 Å². The van der Waals surface area contributed by atoms with Crippen LogP contribution in [0.1, 0.15) is 38.5 Å². The largest absolute Gasteiger partial charge is 0.392 e. The van der Waals surface area contributed by atoms with Gasteiger partial charge in [0.25, 0.3) is 0 Å². The summed E-state index contributed by atoms with van der Waals surface area (Å²) in [6, 6.07) is 0. The molecule has 0 heterocycles. The van der Waals surface area contributed by atoms with Gasteiger partial charge in [-0.25, -0.2) is 0 Å². The van der Waals surface area contributed by atoms with Crippen LogP contribution in [-0.4, -0.2) is 36.4 Å².